The summed E-state index contributed by atoms with van der Waals surface area (Å²) in [6.07, 6.45) is 5.55. The Kier molecular flexibility index (Phi) is 12.3. The number of hydrogen-bond acceptors (Lipinski definition) is 7. The number of nitrogens with one attached hydrogen (secondary N) is 3. The summed E-state index contributed by atoms with van der Waals surface area (Å²) in [4.78, 5) is 53.0. The van der Waals surface area contributed by atoms with Gasteiger partial charge in [-0.2, -0.15) is 0 Å². The van der Waals surface area contributed by atoms with Crippen LogP contribution in [0.1, 0.15) is 47.7 Å². The summed E-state index contributed by atoms with van der Waals surface area (Å²) in [6, 6.07) is 30.8. The van der Waals surface area contributed by atoms with Gasteiger partial charge in [-0.3, -0.25) is 14.6 Å². The lowest BCUT2D eigenvalue weighted by Gasteiger charge is -2.29. The molecule has 5 aromatic rings. The van der Waals surface area contributed by atoms with E-state index in [0.29, 0.717) is 24.6 Å². The second-order valence-electron chi connectivity index (χ2n) is 12.5. The number of benzene rings is 3. The van der Waals surface area contributed by atoms with Gasteiger partial charge in [0.15, 0.2) is 0 Å². The van der Waals surface area contributed by atoms with Crippen molar-refractivity contribution in [2.24, 2.45) is 0 Å². The van der Waals surface area contributed by atoms with Gasteiger partial charge in [0, 0.05) is 54.9 Å². The number of alkyl carbamates (subject to hydrolysis) is 1. The molecule has 1 atom stereocenters. The van der Waals surface area contributed by atoms with Crippen molar-refractivity contribution in [2.75, 3.05) is 19.6 Å². The molecule has 2 aromatic heterocycles. The molecule has 3 amide bonds. The van der Waals surface area contributed by atoms with Crippen molar-refractivity contribution < 1.29 is 23.9 Å². The summed E-state index contributed by atoms with van der Waals surface area (Å²) in [5.74, 6) is -0.868. The Morgan fingerprint density at radius 2 is 1.52 bits per heavy atom. The highest BCUT2D eigenvalue weighted by Crippen LogP contribution is 2.23. The van der Waals surface area contributed by atoms with E-state index in [-0.39, 0.29) is 43.5 Å². The van der Waals surface area contributed by atoms with Gasteiger partial charge in [0.25, 0.3) is 0 Å². The molecule has 5 rings (SSSR count). The van der Waals surface area contributed by atoms with E-state index in [0.717, 1.165) is 22.3 Å². The van der Waals surface area contributed by atoms with Gasteiger partial charge in [-0.05, 0) is 34.9 Å². The number of ether oxygens (including phenoxy) is 2. The molecule has 50 heavy (non-hydrogen) atoms. The summed E-state index contributed by atoms with van der Waals surface area (Å²) in [7, 11) is 0. The number of pyridine rings is 1. The van der Waals surface area contributed by atoms with Crippen LogP contribution in [-0.4, -0.2) is 57.4 Å². The fourth-order valence-corrected chi connectivity index (χ4v) is 5.28. The molecule has 0 spiro atoms. The molecule has 0 bridgehead atoms. The Morgan fingerprint density at radius 3 is 2.20 bits per heavy atom. The standard InChI is InChI=1S/C39H42N6O5/c1-39(2,32-13-7-4-8-14-32)27-43-36(46)24-45(23-29-15-17-33(18-16-29)49-25-30-10-5-3-6-11-30)37(47)34(35-22-41-28-44-35)21-42-38(48)50-26-31-12-9-19-40-20-31/h3-20,22,28,34H,21,23-27H2,1-2H3,(H,41,44)(H,42,48)(H,43,46)/t34-/m0/s1. The average molecular weight is 675 g/mol. The van der Waals surface area contributed by atoms with Gasteiger partial charge in [-0.25, -0.2) is 9.78 Å². The number of H-pyrrole nitrogens is 1. The van der Waals surface area contributed by atoms with Gasteiger partial charge in [0.2, 0.25) is 11.8 Å². The first kappa shape index (κ1) is 35.3. The van der Waals surface area contributed by atoms with Crippen LogP contribution in [0, 0.1) is 0 Å². The Morgan fingerprint density at radius 1 is 0.800 bits per heavy atom. The van der Waals surface area contributed by atoms with E-state index >= 15 is 0 Å². The number of aromatic amines is 1. The third-order valence-electron chi connectivity index (χ3n) is 8.21. The summed E-state index contributed by atoms with van der Waals surface area (Å²) in [5, 5.41) is 5.72. The largest absolute Gasteiger partial charge is 0.489 e. The number of nitrogens with zero attached hydrogens (tertiary/aromatic N) is 3. The minimum atomic E-state index is -0.870. The van der Waals surface area contributed by atoms with Crippen LogP contribution in [0.5, 0.6) is 5.75 Å². The zero-order valence-electron chi connectivity index (χ0n) is 28.2. The van der Waals surface area contributed by atoms with E-state index in [2.05, 4.69) is 39.4 Å². The zero-order valence-corrected chi connectivity index (χ0v) is 28.2. The van der Waals surface area contributed by atoms with Crippen molar-refractivity contribution in [3.63, 3.8) is 0 Å². The Balaban J connectivity index is 1.29. The number of amides is 3. The number of imidazole rings is 1. The van der Waals surface area contributed by atoms with Crippen molar-refractivity contribution >= 4 is 17.9 Å². The zero-order chi connectivity index (χ0) is 35.2. The van der Waals surface area contributed by atoms with Gasteiger partial charge < -0.3 is 30.0 Å². The molecule has 0 aliphatic heterocycles. The van der Waals surface area contributed by atoms with E-state index in [1.54, 1.807) is 24.5 Å². The molecular weight excluding hydrogens is 632 g/mol. The molecule has 0 saturated carbocycles. The van der Waals surface area contributed by atoms with Crippen molar-refractivity contribution in [3.05, 3.63) is 150 Å². The predicted octanol–water partition coefficient (Wildman–Crippen LogP) is 5.52. The van der Waals surface area contributed by atoms with Crippen molar-refractivity contribution in [2.45, 2.75) is 44.9 Å². The van der Waals surface area contributed by atoms with Crippen molar-refractivity contribution in [1.29, 1.82) is 0 Å². The lowest BCUT2D eigenvalue weighted by atomic mass is 9.84. The lowest BCUT2D eigenvalue weighted by molar-refractivity contribution is -0.138. The highest BCUT2D eigenvalue weighted by Gasteiger charge is 2.30. The highest BCUT2D eigenvalue weighted by atomic mass is 16.5. The average Bonchev–Trinajstić information content (AvgIpc) is 3.69. The molecular formula is C39H42N6O5. The smallest absolute Gasteiger partial charge is 0.407 e. The van der Waals surface area contributed by atoms with Crippen LogP contribution < -0.4 is 15.4 Å². The number of carbonyl (C=O) groups is 3. The second kappa shape index (κ2) is 17.4. The molecule has 0 radical (unpaired) electrons. The van der Waals surface area contributed by atoms with E-state index in [4.69, 9.17) is 9.47 Å². The highest BCUT2D eigenvalue weighted by molar-refractivity contribution is 5.89. The van der Waals surface area contributed by atoms with Gasteiger partial charge in [0.05, 0.1) is 18.8 Å². The minimum Gasteiger partial charge on any atom is -0.489 e. The summed E-state index contributed by atoms with van der Waals surface area (Å²) >= 11 is 0. The second-order valence-corrected chi connectivity index (χ2v) is 12.5. The van der Waals surface area contributed by atoms with Gasteiger partial charge in [-0.15, -0.1) is 0 Å². The molecule has 3 aromatic carbocycles. The molecule has 0 fully saturated rings. The van der Waals surface area contributed by atoms with E-state index in [1.165, 1.54) is 17.4 Å². The molecule has 11 heteroatoms. The fraction of sp³-hybridized carbons (Fsp3) is 0.256. The summed E-state index contributed by atoms with van der Waals surface area (Å²) < 4.78 is 11.3. The monoisotopic (exact) mass is 674 g/mol. The number of rotatable bonds is 16. The van der Waals surface area contributed by atoms with E-state index in [9.17, 15) is 14.4 Å². The minimum absolute atomic E-state index is 0.0268. The van der Waals surface area contributed by atoms with Crippen LogP contribution in [0.4, 0.5) is 4.79 Å². The molecule has 0 aliphatic carbocycles. The Bertz CT molecular complexity index is 1780. The van der Waals surface area contributed by atoms with Crippen LogP contribution in [0.15, 0.2) is 122 Å². The summed E-state index contributed by atoms with van der Waals surface area (Å²) in [5.41, 5.74) is 3.82. The van der Waals surface area contributed by atoms with Crippen molar-refractivity contribution in [3.8, 4) is 5.75 Å². The van der Waals surface area contributed by atoms with Crippen LogP contribution in [0.3, 0.4) is 0 Å². The van der Waals surface area contributed by atoms with Gasteiger partial charge >= 0.3 is 6.09 Å². The van der Waals surface area contributed by atoms with Crippen LogP contribution in [-0.2, 0) is 39.5 Å². The molecule has 0 aliphatic rings. The molecule has 3 N–H and O–H groups in total. The maximum absolute atomic E-state index is 14.3. The van der Waals surface area contributed by atoms with E-state index in [1.807, 2.05) is 84.9 Å². The SMILES string of the molecule is CC(C)(CNC(=O)CN(Cc1ccc(OCc2ccccc2)cc1)C(=O)[C@@H](CNC(=O)OCc1cccnc1)c1cnc[nH]1)c1ccccc1. The normalized spacial score (nSPS) is 11.6. The third kappa shape index (κ3) is 10.5. The lowest BCUT2D eigenvalue weighted by Crippen LogP contribution is -2.46. The molecule has 2 heterocycles. The number of aromatic nitrogens is 3. The number of carbonyl (C=O) groups excluding carboxylic acids is 3. The molecule has 0 unspecified atom stereocenters. The Labute approximate surface area is 292 Å². The predicted molar refractivity (Wildman–Crippen MR) is 189 cm³/mol. The van der Waals surface area contributed by atoms with E-state index < -0.39 is 12.0 Å². The molecule has 258 valence electrons. The topological polar surface area (TPSA) is 139 Å². The fourth-order valence-electron chi connectivity index (χ4n) is 5.28. The maximum atomic E-state index is 14.3. The first-order valence-electron chi connectivity index (χ1n) is 16.4. The number of hydrogen-bond donors (Lipinski definition) is 3. The molecule has 0 saturated heterocycles. The quantitative estimate of drug-likeness (QED) is 0.125. The van der Waals surface area contributed by atoms with Gasteiger partial charge in [-0.1, -0.05) is 92.7 Å². The van der Waals surface area contributed by atoms with Crippen molar-refractivity contribution in [1.82, 2.24) is 30.5 Å². The molecule has 11 nitrogen and oxygen atoms in total. The first-order valence-corrected chi connectivity index (χ1v) is 16.4. The van der Waals surface area contributed by atoms with Crippen LogP contribution in [0.2, 0.25) is 0 Å². The maximum Gasteiger partial charge on any atom is 0.407 e. The van der Waals surface area contributed by atoms with Gasteiger partial charge in [0.1, 0.15) is 19.0 Å². The Hall–Kier alpha value is -5.97. The van der Waals surface area contributed by atoms with Crippen LogP contribution >= 0.6 is 0 Å². The first-order chi connectivity index (χ1) is 24.3. The summed E-state index contributed by atoms with van der Waals surface area (Å²) in [6.45, 7) is 4.79. The third-order valence-corrected chi connectivity index (χ3v) is 8.21. The van der Waals surface area contributed by atoms with Crippen LogP contribution in [0.25, 0.3) is 0 Å².